The summed E-state index contributed by atoms with van der Waals surface area (Å²) in [5, 5.41) is 0. The second kappa shape index (κ2) is 5.26. The highest BCUT2D eigenvalue weighted by molar-refractivity contribution is 5.33. The second-order valence-electron chi connectivity index (χ2n) is 6.96. The lowest BCUT2D eigenvalue weighted by Gasteiger charge is -2.47. The van der Waals surface area contributed by atoms with Crippen LogP contribution >= 0.6 is 0 Å². The van der Waals surface area contributed by atoms with Crippen LogP contribution in [-0.4, -0.2) is 23.0 Å². The van der Waals surface area contributed by atoms with Gasteiger partial charge >= 0.3 is 0 Å². The topological polar surface area (TPSA) is 29.3 Å². The minimum atomic E-state index is 0.168. The van der Waals surface area contributed by atoms with Crippen molar-refractivity contribution in [3.63, 3.8) is 0 Å². The summed E-state index contributed by atoms with van der Waals surface area (Å²) in [6.07, 6.45) is 2.34. The van der Waals surface area contributed by atoms with Gasteiger partial charge in [-0.15, -0.1) is 0 Å². The van der Waals surface area contributed by atoms with Crippen molar-refractivity contribution >= 4 is 0 Å². The zero-order chi connectivity index (χ0) is 14.2. The van der Waals surface area contributed by atoms with Crippen molar-refractivity contribution in [2.45, 2.75) is 65.1 Å². The normalized spacial score (nSPS) is 25.6. The van der Waals surface area contributed by atoms with Crippen molar-refractivity contribution in [1.82, 2.24) is 4.90 Å². The van der Waals surface area contributed by atoms with Crippen molar-refractivity contribution in [3.05, 3.63) is 34.9 Å². The lowest BCUT2D eigenvalue weighted by Crippen LogP contribution is -2.53. The highest BCUT2D eigenvalue weighted by Gasteiger charge is 2.36. The first kappa shape index (κ1) is 14.5. The minimum absolute atomic E-state index is 0.168. The van der Waals surface area contributed by atoms with Crippen molar-refractivity contribution in [2.24, 2.45) is 5.73 Å². The molecule has 1 heterocycles. The second-order valence-corrected chi connectivity index (χ2v) is 6.96. The molecule has 0 bridgehead atoms. The molecule has 19 heavy (non-hydrogen) atoms. The lowest BCUT2D eigenvalue weighted by molar-refractivity contribution is 0.0384. The first-order valence-electron chi connectivity index (χ1n) is 7.40. The summed E-state index contributed by atoms with van der Waals surface area (Å²) in [5.41, 5.74) is 10.7. The van der Waals surface area contributed by atoms with Gasteiger partial charge in [-0.25, -0.2) is 0 Å². The Bertz CT molecular complexity index is 445. The molecule has 2 unspecified atom stereocenters. The molecule has 2 rings (SSSR count). The van der Waals surface area contributed by atoms with Crippen LogP contribution in [0.1, 0.15) is 56.3 Å². The fraction of sp³-hybridized carbons (Fsp3) is 0.647. The predicted molar refractivity (Wildman–Crippen MR) is 82.3 cm³/mol. The van der Waals surface area contributed by atoms with Gasteiger partial charge in [0.2, 0.25) is 0 Å². The molecular formula is C17H28N2. The third-order valence-electron chi connectivity index (χ3n) is 4.41. The third-order valence-corrected chi connectivity index (χ3v) is 4.41. The molecule has 2 N–H and O–H groups in total. The molecule has 1 aromatic rings. The number of nitrogens with zero attached hydrogens (tertiary/aromatic N) is 1. The van der Waals surface area contributed by atoms with Gasteiger partial charge in [-0.05, 0) is 70.7 Å². The van der Waals surface area contributed by atoms with Crippen molar-refractivity contribution in [3.8, 4) is 0 Å². The van der Waals surface area contributed by atoms with E-state index in [9.17, 15) is 0 Å². The van der Waals surface area contributed by atoms with Gasteiger partial charge in [0.05, 0.1) is 6.04 Å². The molecule has 1 saturated heterocycles. The molecule has 2 heteroatoms. The standard InChI is InChI=1S/C17H28N2/c1-12-8-9-14(11-13(12)2)16-15(18)7-6-10-19(16)17(3,4)5/h8-9,11,15-16H,6-7,10,18H2,1-5H3. The summed E-state index contributed by atoms with van der Waals surface area (Å²) in [6, 6.07) is 7.41. The zero-order valence-corrected chi connectivity index (χ0v) is 13.0. The van der Waals surface area contributed by atoms with E-state index in [1.54, 1.807) is 0 Å². The summed E-state index contributed by atoms with van der Waals surface area (Å²) in [4.78, 5) is 2.57. The lowest BCUT2D eigenvalue weighted by atomic mass is 9.86. The van der Waals surface area contributed by atoms with E-state index in [1.165, 1.54) is 23.1 Å². The fourth-order valence-corrected chi connectivity index (χ4v) is 3.15. The van der Waals surface area contributed by atoms with Crippen molar-refractivity contribution in [1.29, 1.82) is 0 Å². The average Bonchev–Trinajstić information content (AvgIpc) is 2.31. The smallest absolute Gasteiger partial charge is 0.0504 e. The van der Waals surface area contributed by atoms with E-state index >= 15 is 0 Å². The van der Waals surface area contributed by atoms with Gasteiger partial charge in [0.1, 0.15) is 0 Å². The van der Waals surface area contributed by atoms with Gasteiger partial charge in [-0.3, -0.25) is 4.90 Å². The zero-order valence-electron chi connectivity index (χ0n) is 13.0. The summed E-state index contributed by atoms with van der Waals surface area (Å²) >= 11 is 0. The number of piperidine rings is 1. The number of aryl methyl sites for hydroxylation is 2. The number of hydrogen-bond donors (Lipinski definition) is 1. The van der Waals surface area contributed by atoms with Crippen LogP contribution in [0.4, 0.5) is 0 Å². The van der Waals surface area contributed by atoms with Crippen LogP contribution in [0.2, 0.25) is 0 Å². The maximum atomic E-state index is 6.44. The first-order valence-corrected chi connectivity index (χ1v) is 7.40. The van der Waals surface area contributed by atoms with Crippen LogP contribution in [0.15, 0.2) is 18.2 Å². The van der Waals surface area contributed by atoms with Crippen LogP contribution in [0.5, 0.6) is 0 Å². The molecule has 1 aliphatic rings. The summed E-state index contributed by atoms with van der Waals surface area (Å²) in [5.74, 6) is 0. The number of likely N-dealkylation sites (tertiary alicyclic amines) is 1. The van der Waals surface area contributed by atoms with E-state index in [0.29, 0.717) is 6.04 Å². The summed E-state index contributed by atoms with van der Waals surface area (Å²) in [6.45, 7) is 12.4. The van der Waals surface area contributed by atoms with E-state index in [2.05, 4.69) is 57.7 Å². The molecule has 2 atom stereocenters. The van der Waals surface area contributed by atoms with Gasteiger partial charge in [-0.1, -0.05) is 18.2 Å². The summed E-state index contributed by atoms with van der Waals surface area (Å²) in [7, 11) is 0. The molecule has 0 aromatic heterocycles. The Balaban J connectivity index is 2.39. The van der Waals surface area contributed by atoms with E-state index in [-0.39, 0.29) is 11.6 Å². The van der Waals surface area contributed by atoms with Crippen LogP contribution in [0, 0.1) is 13.8 Å². The largest absolute Gasteiger partial charge is 0.326 e. The number of nitrogens with two attached hydrogens (primary N) is 1. The molecule has 0 aliphatic carbocycles. The predicted octanol–water partition coefficient (Wildman–Crippen LogP) is 3.57. The molecule has 106 valence electrons. The highest BCUT2D eigenvalue weighted by atomic mass is 15.2. The first-order chi connectivity index (χ1) is 8.80. The quantitative estimate of drug-likeness (QED) is 0.836. The molecule has 0 amide bonds. The van der Waals surface area contributed by atoms with Crippen LogP contribution in [-0.2, 0) is 0 Å². The van der Waals surface area contributed by atoms with Gasteiger partial charge in [0.15, 0.2) is 0 Å². The molecule has 1 aliphatic heterocycles. The molecule has 0 radical (unpaired) electrons. The van der Waals surface area contributed by atoms with E-state index in [0.717, 1.165) is 13.0 Å². The third kappa shape index (κ3) is 3.01. The molecule has 2 nitrogen and oxygen atoms in total. The van der Waals surface area contributed by atoms with Gasteiger partial charge < -0.3 is 5.73 Å². The van der Waals surface area contributed by atoms with E-state index in [1.807, 2.05) is 0 Å². The number of benzene rings is 1. The van der Waals surface area contributed by atoms with Crippen LogP contribution in [0.3, 0.4) is 0 Å². The molecular weight excluding hydrogens is 232 g/mol. The van der Waals surface area contributed by atoms with E-state index in [4.69, 9.17) is 5.73 Å². The minimum Gasteiger partial charge on any atom is -0.326 e. The van der Waals surface area contributed by atoms with Crippen LogP contribution in [0.25, 0.3) is 0 Å². The Morgan fingerprint density at radius 1 is 1.16 bits per heavy atom. The fourth-order valence-electron chi connectivity index (χ4n) is 3.15. The molecule has 0 saturated carbocycles. The summed E-state index contributed by atoms with van der Waals surface area (Å²) < 4.78 is 0. The Morgan fingerprint density at radius 3 is 2.42 bits per heavy atom. The maximum absolute atomic E-state index is 6.44. The number of hydrogen-bond acceptors (Lipinski definition) is 2. The van der Waals surface area contributed by atoms with Gasteiger partial charge in [-0.2, -0.15) is 0 Å². The van der Waals surface area contributed by atoms with Gasteiger partial charge in [0.25, 0.3) is 0 Å². The Labute approximate surface area is 118 Å². The Kier molecular flexibility index (Phi) is 4.03. The Morgan fingerprint density at radius 2 is 1.84 bits per heavy atom. The Hall–Kier alpha value is -0.860. The number of rotatable bonds is 1. The van der Waals surface area contributed by atoms with Gasteiger partial charge in [0, 0.05) is 11.6 Å². The van der Waals surface area contributed by atoms with E-state index < -0.39 is 0 Å². The maximum Gasteiger partial charge on any atom is 0.0504 e. The molecule has 1 aromatic carbocycles. The highest BCUT2D eigenvalue weighted by Crippen LogP contribution is 2.36. The van der Waals surface area contributed by atoms with Crippen molar-refractivity contribution < 1.29 is 0 Å². The van der Waals surface area contributed by atoms with Crippen LogP contribution < -0.4 is 5.73 Å². The molecule has 1 fully saturated rings. The molecule has 0 spiro atoms. The monoisotopic (exact) mass is 260 g/mol. The average molecular weight is 260 g/mol. The SMILES string of the molecule is Cc1ccc(C2C(N)CCCN2C(C)(C)C)cc1C. The van der Waals surface area contributed by atoms with Crippen molar-refractivity contribution in [2.75, 3.05) is 6.54 Å².